The zero-order valence-corrected chi connectivity index (χ0v) is 16.9. The number of hydrogen-bond acceptors (Lipinski definition) is 3. The SMILES string of the molecule is CC[C@]12CCCN3CCc4c(n(c5ccccc45)/C(=C/C4=NC(C)CO4)C1)C32. The van der Waals surface area contributed by atoms with Crippen LogP contribution in [0.2, 0.25) is 0 Å². The van der Waals surface area contributed by atoms with Crippen LogP contribution in [0.4, 0.5) is 0 Å². The van der Waals surface area contributed by atoms with Crippen molar-refractivity contribution in [1.29, 1.82) is 0 Å². The molecule has 0 bridgehead atoms. The van der Waals surface area contributed by atoms with Gasteiger partial charge in [0.05, 0.1) is 17.6 Å². The largest absolute Gasteiger partial charge is 0.476 e. The van der Waals surface area contributed by atoms with Gasteiger partial charge in [0.1, 0.15) is 6.61 Å². The molecule has 4 heteroatoms. The number of aromatic nitrogens is 1. The van der Waals surface area contributed by atoms with Gasteiger partial charge in [0.15, 0.2) is 0 Å². The maximum atomic E-state index is 5.89. The van der Waals surface area contributed by atoms with Crippen LogP contribution in [-0.2, 0) is 11.2 Å². The number of ether oxygens (including phenoxy) is 1. The highest BCUT2D eigenvalue weighted by Crippen LogP contribution is 2.59. The summed E-state index contributed by atoms with van der Waals surface area (Å²) in [6.45, 7) is 7.69. The lowest BCUT2D eigenvalue weighted by atomic mass is 9.64. The van der Waals surface area contributed by atoms with Crippen LogP contribution in [0.3, 0.4) is 0 Å². The van der Waals surface area contributed by atoms with E-state index in [1.807, 2.05) is 0 Å². The number of piperidine rings is 1. The first-order valence-corrected chi connectivity index (χ1v) is 11.0. The van der Waals surface area contributed by atoms with Crippen molar-refractivity contribution in [2.75, 3.05) is 19.7 Å². The highest BCUT2D eigenvalue weighted by atomic mass is 16.5. The van der Waals surface area contributed by atoms with Crippen molar-refractivity contribution in [2.24, 2.45) is 10.4 Å². The fraction of sp³-hybridized carbons (Fsp3) is 0.542. The Kier molecular flexibility index (Phi) is 3.59. The van der Waals surface area contributed by atoms with E-state index in [-0.39, 0.29) is 6.04 Å². The number of aliphatic imine (C=N–C) groups is 1. The Morgan fingerprint density at radius 1 is 1.29 bits per heavy atom. The van der Waals surface area contributed by atoms with Gasteiger partial charge < -0.3 is 9.30 Å². The molecule has 0 N–H and O–H groups in total. The monoisotopic (exact) mass is 375 g/mol. The molecule has 0 spiro atoms. The van der Waals surface area contributed by atoms with E-state index in [1.165, 1.54) is 55.4 Å². The quantitative estimate of drug-likeness (QED) is 0.755. The summed E-state index contributed by atoms with van der Waals surface area (Å²) in [4.78, 5) is 7.50. The Balaban J connectivity index is 1.64. The van der Waals surface area contributed by atoms with Gasteiger partial charge in [0.2, 0.25) is 5.90 Å². The molecule has 1 aromatic carbocycles. The molecule has 2 aromatic rings. The Hall–Kier alpha value is -2.07. The van der Waals surface area contributed by atoms with Crippen LogP contribution in [0.5, 0.6) is 0 Å². The van der Waals surface area contributed by atoms with Crippen LogP contribution in [0, 0.1) is 5.41 Å². The topological polar surface area (TPSA) is 29.8 Å². The maximum absolute atomic E-state index is 5.89. The lowest BCUT2D eigenvalue weighted by Crippen LogP contribution is -2.52. The van der Waals surface area contributed by atoms with Gasteiger partial charge in [0, 0.05) is 29.4 Å². The molecular formula is C24H29N3O. The number of para-hydroxylation sites is 1. The van der Waals surface area contributed by atoms with Crippen molar-refractivity contribution >= 4 is 22.5 Å². The van der Waals surface area contributed by atoms with Crippen molar-refractivity contribution in [3.63, 3.8) is 0 Å². The summed E-state index contributed by atoms with van der Waals surface area (Å²) in [7, 11) is 0. The lowest BCUT2D eigenvalue weighted by molar-refractivity contribution is -0.00637. The highest BCUT2D eigenvalue weighted by molar-refractivity contribution is 5.97. The molecular weight excluding hydrogens is 346 g/mol. The molecule has 3 atom stereocenters. The zero-order chi connectivity index (χ0) is 18.9. The number of allylic oxidation sites excluding steroid dienone is 1. The molecule has 146 valence electrons. The first-order valence-electron chi connectivity index (χ1n) is 11.0. The molecule has 4 nitrogen and oxygen atoms in total. The van der Waals surface area contributed by atoms with Crippen molar-refractivity contribution in [3.8, 4) is 0 Å². The molecule has 0 radical (unpaired) electrons. The Morgan fingerprint density at radius 2 is 2.18 bits per heavy atom. The third-order valence-corrected chi connectivity index (χ3v) is 7.63. The third-order valence-electron chi connectivity index (χ3n) is 7.63. The molecule has 0 saturated carbocycles. The fourth-order valence-electron chi connectivity index (χ4n) is 6.39. The second-order valence-electron chi connectivity index (χ2n) is 9.16. The van der Waals surface area contributed by atoms with Gasteiger partial charge in [-0.2, -0.15) is 0 Å². The van der Waals surface area contributed by atoms with Crippen molar-refractivity contribution in [1.82, 2.24) is 9.47 Å². The first kappa shape index (κ1) is 16.8. The second kappa shape index (κ2) is 5.96. The first-order chi connectivity index (χ1) is 13.7. The second-order valence-corrected chi connectivity index (χ2v) is 9.16. The van der Waals surface area contributed by atoms with Gasteiger partial charge in [0.25, 0.3) is 0 Å². The van der Waals surface area contributed by atoms with E-state index in [0.29, 0.717) is 18.1 Å². The normalized spacial score (nSPS) is 33.1. The van der Waals surface area contributed by atoms with Gasteiger partial charge in [-0.15, -0.1) is 0 Å². The predicted octanol–water partition coefficient (Wildman–Crippen LogP) is 4.79. The molecule has 1 fully saturated rings. The molecule has 1 saturated heterocycles. The summed E-state index contributed by atoms with van der Waals surface area (Å²) in [6.07, 6.45) is 8.41. The Bertz CT molecular complexity index is 1020. The summed E-state index contributed by atoms with van der Waals surface area (Å²) in [5.74, 6) is 0.821. The van der Waals surface area contributed by atoms with Crippen LogP contribution in [-0.4, -0.2) is 41.1 Å². The summed E-state index contributed by atoms with van der Waals surface area (Å²) in [5, 5.41) is 1.45. The van der Waals surface area contributed by atoms with Crippen molar-refractivity contribution in [3.05, 3.63) is 41.6 Å². The Morgan fingerprint density at radius 3 is 3.00 bits per heavy atom. The average Bonchev–Trinajstić information content (AvgIpc) is 3.28. The summed E-state index contributed by atoms with van der Waals surface area (Å²) < 4.78 is 8.47. The lowest BCUT2D eigenvalue weighted by Gasteiger charge is -2.55. The molecule has 5 heterocycles. The minimum Gasteiger partial charge on any atom is -0.476 e. The summed E-state index contributed by atoms with van der Waals surface area (Å²) >= 11 is 0. The standard InChI is InChI=1S/C24H29N3O/c1-3-24-10-6-11-26-12-9-19-18-7-4-5-8-20(18)27(22(19)23(24)26)17(14-24)13-21-25-16(2)15-28-21/h4-5,7-8,13,16,23H,3,6,9-12,14-15H2,1-2H3/b17-13+/t16?,23?,24-/m0/s1. The smallest absolute Gasteiger partial charge is 0.210 e. The Labute approximate surface area is 166 Å². The highest BCUT2D eigenvalue weighted by Gasteiger charge is 2.51. The maximum Gasteiger partial charge on any atom is 0.210 e. The van der Waals surface area contributed by atoms with Crippen LogP contribution in [0.25, 0.3) is 16.6 Å². The van der Waals surface area contributed by atoms with Crippen molar-refractivity contribution in [2.45, 2.75) is 58.0 Å². The van der Waals surface area contributed by atoms with Crippen LogP contribution < -0.4 is 0 Å². The molecule has 28 heavy (non-hydrogen) atoms. The van der Waals surface area contributed by atoms with Crippen LogP contribution in [0.15, 0.2) is 35.3 Å². The summed E-state index contributed by atoms with van der Waals surface area (Å²) in [6, 6.07) is 9.83. The number of fused-ring (bicyclic) bond motifs is 3. The van der Waals surface area contributed by atoms with E-state index in [4.69, 9.17) is 9.73 Å². The van der Waals surface area contributed by atoms with E-state index < -0.39 is 0 Å². The van der Waals surface area contributed by atoms with E-state index in [9.17, 15) is 0 Å². The minimum absolute atomic E-state index is 0.267. The van der Waals surface area contributed by atoms with Gasteiger partial charge in [-0.05, 0) is 62.6 Å². The van der Waals surface area contributed by atoms with Gasteiger partial charge in [-0.3, -0.25) is 4.90 Å². The van der Waals surface area contributed by atoms with E-state index in [0.717, 1.165) is 12.3 Å². The van der Waals surface area contributed by atoms with Crippen LogP contribution >= 0.6 is 0 Å². The molecule has 0 amide bonds. The average molecular weight is 376 g/mol. The van der Waals surface area contributed by atoms with Crippen LogP contribution in [0.1, 0.15) is 56.8 Å². The van der Waals surface area contributed by atoms with E-state index in [1.54, 1.807) is 11.3 Å². The van der Waals surface area contributed by atoms with Crippen molar-refractivity contribution < 1.29 is 4.74 Å². The predicted molar refractivity (Wildman–Crippen MR) is 114 cm³/mol. The van der Waals surface area contributed by atoms with E-state index in [2.05, 4.69) is 53.7 Å². The van der Waals surface area contributed by atoms with Gasteiger partial charge in [-0.1, -0.05) is 25.1 Å². The zero-order valence-electron chi connectivity index (χ0n) is 16.9. The molecule has 2 unspecified atom stereocenters. The number of rotatable bonds is 2. The number of hydrogen-bond donors (Lipinski definition) is 0. The molecule has 1 aromatic heterocycles. The molecule has 6 rings (SSSR count). The third kappa shape index (κ3) is 2.18. The van der Waals surface area contributed by atoms with E-state index >= 15 is 0 Å². The summed E-state index contributed by atoms with van der Waals surface area (Å²) in [5.41, 5.74) is 6.24. The number of benzene rings is 1. The van der Waals surface area contributed by atoms with Gasteiger partial charge >= 0.3 is 0 Å². The number of nitrogens with zero attached hydrogens (tertiary/aromatic N) is 3. The molecule has 4 aliphatic heterocycles. The minimum atomic E-state index is 0.267. The fourth-order valence-corrected chi connectivity index (χ4v) is 6.39. The molecule has 4 aliphatic rings. The van der Waals surface area contributed by atoms with Gasteiger partial charge in [-0.25, -0.2) is 4.99 Å². The molecule has 0 aliphatic carbocycles.